The number of carbonyl (C=O) groups is 1. The lowest BCUT2D eigenvalue weighted by Crippen LogP contribution is -2.41. The van der Waals surface area contributed by atoms with Crippen LogP contribution in [0.15, 0.2) is 0 Å². The zero-order valence-electron chi connectivity index (χ0n) is 9.58. The van der Waals surface area contributed by atoms with E-state index in [0.717, 1.165) is 45.1 Å². The van der Waals surface area contributed by atoms with Crippen LogP contribution in [0.5, 0.6) is 0 Å². The highest BCUT2D eigenvalue weighted by Crippen LogP contribution is 2.32. The average Bonchev–Trinajstić information content (AvgIpc) is 3.03. The smallest absolute Gasteiger partial charge is 0.127 e. The van der Waals surface area contributed by atoms with Gasteiger partial charge in [-0.1, -0.05) is 0 Å². The maximum atomic E-state index is 11.2. The Morgan fingerprint density at radius 3 is 2.60 bits per heavy atom. The Morgan fingerprint density at radius 2 is 2.07 bits per heavy atom. The van der Waals surface area contributed by atoms with E-state index in [1.54, 1.807) is 0 Å². The predicted octanol–water partition coefficient (Wildman–Crippen LogP) is 1.32. The van der Waals surface area contributed by atoms with Crippen LogP contribution in [0.4, 0.5) is 0 Å². The third-order valence-electron chi connectivity index (χ3n) is 3.59. The third kappa shape index (κ3) is 3.02. The summed E-state index contributed by atoms with van der Waals surface area (Å²) in [5.41, 5.74) is -0.123. The summed E-state index contributed by atoms with van der Waals surface area (Å²) >= 11 is 0. The van der Waals surface area contributed by atoms with E-state index in [2.05, 4.69) is 11.9 Å². The lowest BCUT2D eigenvalue weighted by molar-refractivity contribution is -0.122. The predicted molar refractivity (Wildman–Crippen MR) is 58.8 cm³/mol. The summed E-state index contributed by atoms with van der Waals surface area (Å²) in [6, 6.07) is 0. The summed E-state index contributed by atoms with van der Waals surface area (Å²) < 4.78 is 5.32. The molecule has 0 unspecified atom stereocenters. The van der Waals surface area contributed by atoms with E-state index in [9.17, 15) is 4.79 Å². The molecule has 0 amide bonds. The van der Waals surface area contributed by atoms with Gasteiger partial charge in [0.25, 0.3) is 0 Å². The van der Waals surface area contributed by atoms with Crippen LogP contribution in [0, 0.1) is 11.3 Å². The van der Waals surface area contributed by atoms with Crippen LogP contribution in [0.1, 0.15) is 25.7 Å². The molecule has 1 aliphatic heterocycles. The highest BCUT2D eigenvalue weighted by Gasteiger charge is 2.34. The lowest BCUT2D eigenvalue weighted by Gasteiger charge is -2.35. The van der Waals surface area contributed by atoms with E-state index >= 15 is 0 Å². The minimum absolute atomic E-state index is 0.123. The van der Waals surface area contributed by atoms with E-state index in [0.29, 0.717) is 0 Å². The van der Waals surface area contributed by atoms with Gasteiger partial charge >= 0.3 is 0 Å². The number of ether oxygens (including phenoxy) is 1. The second kappa shape index (κ2) is 4.62. The van der Waals surface area contributed by atoms with Crippen LogP contribution < -0.4 is 0 Å². The number of aldehydes is 1. The minimum atomic E-state index is -0.123. The molecule has 2 aliphatic rings. The van der Waals surface area contributed by atoms with E-state index in [4.69, 9.17) is 4.74 Å². The summed E-state index contributed by atoms with van der Waals surface area (Å²) in [5, 5.41) is 0. The largest absolute Gasteiger partial charge is 0.381 e. The number of nitrogens with zero attached hydrogens (tertiary/aromatic N) is 1. The molecule has 0 N–H and O–H groups in total. The molecule has 3 heteroatoms. The molecule has 0 spiro atoms. The van der Waals surface area contributed by atoms with Gasteiger partial charge in [-0.2, -0.15) is 0 Å². The SMILES string of the molecule is CN(CC1CC1)CC1(C=O)CCOCC1. The van der Waals surface area contributed by atoms with Crippen LogP contribution in [0.25, 0.3) is 0 Å². The Balaban J connectivity index is 1.84. The summed E-state index contributed by atoms with van der Waals surface area (Å²) in [4.78, 5) is 13.6. The first kappa shape index (κ1) is 11.1. The maximum Gasteiger partial charge on any atom is 0.127 e. The molecule has 2 rings (SSSR count). The molecule has 0 atom stereocenters. The highest BCUT2D eigenvalue weighted by atomic mass is 16.5. The molecule has 1 aliphatic carbocycles. The van der Waals surface area contributed by atoms with Gasteiger partial charge in [0.05, 0.1) is 0 Å². The van der Waals surface area contributed by atoms with Gasteiger partial charge in [-0.15, -0.1) is 0 Å². The van der Waals surface area contributed by atoms with E-state index in [1.807, 2.05) is 0 Å². The highest BCUT2D eigenvalue weighted by molar-refractivity contribution is 5.60. The zero-order chi connectivity index (χ0) is 10.7. The Hall–Kier alpha value is -0.410. The Kier molecular flexibility index (Phi) is 3.42. The van der Waals surface area contributed by atoms with Gasteiger partial charge in [0.2, 0.25) is 0 Å². The van der Waals surface area contributed by atoms with Crippen molar-refractivity contribution < 1.29 is 9.53 Å². The molecular weight excluding hydrogens is 190 g/mol. The summed E-state index contributed by atoms with van der Waals surface area (Å²) in [5.74, 6) is 0.901. The van der Waals surface area contributed by atoms with Gasteiger partial charge in [0.1, 0.15) is 6.29 Å². The standard InChI is InChI=1S/C12H21NO2/c1-13(8-11-2-3-11)9-12(10-14)4-6-15-7-5-12/h10-11H,2-9H2,1H3. The molecule has 15 heavy (non-hydrogen) atoms. The van der Waals surface area contributed by atoms with Crippen molar-refractivity contribution in [2.45, 2.75) is 25.7 Å². The van der Waals surface area contributed by atoms with Crippen LogP contribution >= 0.6 is 0 Å². The van der Waals surface area contributed by atoms with Gasteiger partial charge in [0, 0.05) is 31.7 Å². The second-order valence-corrected chi connectivity index (χ2v) is 5.23. The average molecular weight is 211 g/mol. The van der Waals surface area contributed by atoms with Crippen molar-refractivity contribution in [1.29, 1.82) is 0 Å². The molecule has 0 aromatic rings. The maximum absolute atomic E-state index is 11.2. The Bertz CT molecular complexity index is 220. The van der Waals surface area contributed by atoms with Crippen molar-refractivity contribution in [2.75, 3.05) is 33.4 Å². The monoisotopic (exact) mass is 211 g/mol. The van der Waals surface area contributed by atoms with Gasteiger partial charge < -0.3 is 14.4 Å². The van der Waals surface area contributed by atoms with Crippen molar-refractivity contribution in [3.05, 3.63) is 0 Å². The molecule has 0 bridgehead atoms. The van der Waals surface area contributed by atoms with Gasteiger partial charge in [0.15, 0.2) is 0 Å². The molecule has 2 fully saturated rings. The number of hydrogen-bond donors (Lipinski definition) is 0. The van der Waals surface area contributed by atoms with Crippen LogP contribution in [0.3, 0.4) is 0 Å². The summed E-state index contributed by atoms with van der Waals surface area (Å²) in [6.45, 7) is 3.57. The summed E-state index contributed by atoms with van der Waals surface area (Å²) in [7, 11) is 2.14. The summed E-state index contributed by atoms with van der Waals surface area (Å²) in [6.07, 6.45) is 5.71. The minimum Gasteiger partial charge on any atom is -0.381 e. The second-order valence-electron chi connectivity index (χ2n) is 5.23. The van der Waals surface area contributed by atoms with Crippen LogP contribution in [-0.4, -0.2) is 44.5 Å². The van der Waals surface area contributed by atoms with Crippen molar-refractivity contribution in [3.63, 3.8) is 0 Å². The Labute approximate surface area is 91.8 Å². The third-order valence-corrected chi connectivity index (χ3v) is 3.59. The fraction of sp³-hybridized carbons (Fsp3) is 0.917. The van der Waals surface area contributed by atoms with Crippen molar-refractivity contribution in [3.8, 4) is 0 Å². The quantitative estimate of drug-likeness (QED) is 0.642. The lowest BCUT2D eigenvalue weighted by atomic mass is 9.81. The fourth-order valence-electron chi connectivity index (χ4n) is 2.43. The fourth-order valence-corrected chi connectivity index (χ4v) is 2.43. The van der Waals surface area contributed by atoms with Gasteiger partial charge in [-0.3, -0.25) is 0 Å². The first-order chi connectivity index (χ1) is 7.24. The molecule has 1 heterocycles. The normalized spacial score (nSPS) is 25.5. The number of rotatable bonds is 5. The molecule has 1 saturated carbocycles. The van der Waals surface area contributed by atoms with Crippen LogP contribution in [0.2, 0.25) is 0 Å². The molecule has 0 aromatic carbocycles. The molecule has 1 saturated heterocycles. The van der Waals surface area contributed by atoms with Crippen molar-refractivity contribution in [2.24, 2.45) is 11.3 Å². The molecular formula is C12H21NO2. The molecule has 86 valence electrons. The first-order valence-corrected chi connectivity index (χ1v) is 5.97. The topological polar surface area (TPSA) is 29.5 Å². The van der Waals surface area contributed by atoms with E-state index in [1.165, 1.54) is 19.1 Å². The first-order valence-electron chi connectivity index (χ1n) is 5.97. The van der Waals surface area contributed by atoms with E-state index in [-0.39, 0.29) is 5.41 Å². The molecule has 0 aromatic heterocycles. The molecule has 3 nitrogen and oxygen atoms in total. The van der Waals surface area contributed by atoms with Gasteiger partial charge in [-0.05, 0) is 38.6 Å². The van der Waals surface area contributed by atoms with Gasteiger partial charge in [-0.25, -0.2) is 0 Å². The zero-order valence-corrected chi connectivity index (χ0v) is 9.58. The van der Waals surface area contributed by atoms with Crippen molar-refractivity contribution >= 4 is 6.29 Å². The van der Waals surface area contributed by atoms with Crippen molar-refractivity contribution in [1.82, 2.24) is 4.90 Å². The number of carbonyl (C=O) groups excluding carboxylic acids is 1. The number of hydrogen-bond acceptors (Lipinski definition) is 3. The Morgan fingerprint density at radius 1 is 1.40 bits per heavy atom. The molecule has 0 radical (unpaired) electrons. The van der Waals surface area contributed by atoms with E-state index < -0.39 is 0 Å². The van der Waals surface area contributed by atoms with Crippen LogP contribution in [-0.2, 0) is 9.53 Å².